The number of likely N-dealkylation sites (N-methyl/N-ethyl adjacent to an activating group) is 2. The molecule has 1 N–H and O–H groups in total. The first-order valence-electron chi connectivity index (χ1n) is 8.21. The minimum atomic E-state index is -0.124. The summed E-state index contributed by atoms with van der Waals surface area (Å²) >= 11 is 0. The molecule has 6 heteroatoms. The molecular weight excluding hydrogens is 316 g/mol. The summed E-state index contributed by atoms with van der Waals surface area (Å²) in [4.78, 5) is 24.3. The van der Waals surface area contributed by atoms with Crippen LogP contribution in [0.5, 0.6) is 0 Å². The van der Waals surface area contributed by atoms with E-state index < -0.39 is 0 Å². The number of allylic oxidation sites excluding steroid dienone is 1. The van der Waals surface area contributed by atoms with Gasteiger partial charge in [0.1, 0.15) is 6.54 Å². The highest BCUT2D eigenvalue weighted by atomic mass is 16.2. The summed E-state index contributed by atoms with van der Waals surface area (Å²) in [5.41, 5.74) is 2.48. The zero-order valence-electron chi connectivity index (χ0n) is 15.0. The smallest absolute Gasteiger partial charge is 0.252 e. The van der Waals surface area contributed by atoms with E-state index in [1.165, 1.54) is 11.8 Å². The molecule has 0 unspecified atom stereocenters. The van der Waals surface area contributed by atoms with E-state index in [4.69, 9.17) is 0 Å². The molecule has 1 aliphatic rings. The van der Waals surface area contributed by atoms with Gasteiger partial charge in [-0.25, -0.2) is 0 Å². The average molecular weight is 341 g/mol. The van der Waals surface area contributed by atoms with Crippen molar-refractivity contribution in [2.24, 2.45) is 5.18 Å². The summed E-state index contributed by atoms with van der Waals surface area (Å²) in [6, 6.07) is 10.3. The van der Waals surface area contributed by atoms with Gasteiger partial charge in [-0.3, -0.25) is 4.79 Å². The standard InChI is InChI=1S/C19H24N4O2/c1-22-14-17(9-10-18(22)13-21-25)19(24)20-11-12-23(2,3)15-16-7-5-4-6-8-16/h4-10,13-14H,11-12,15H2,1-3H3/p+1/b18-13+. The van der Waals surface area contributed by atoms with E-state index in [1.54, 1.807) is 30.3 Å². The fourth-order valence-corrected chi connectivity index (χ4v) is 2.67. The Morgan fingerprint density at radius 3 is 2.60 bits per heavy atom. The number of nitroso groups, excluding NO2 is 1. The Morgan fingerprint density at radius 1 is 1.24 bits per heavy atom. The van der Waals surface area contributed by atoms with Gasteiger partial charge in [-0.15, -0.1) is 4.91 Å². The molecule has 1 amide bonds. The summed E-state index contributed by atoms with van der Waals surface area (Å²) in [5.74, 6) is -0.124. The number of quaternary nitrogens is 1. The molecule has 6 nitrogen and oxygen atoms in total. The van der Waals surface area contributed by atoms with Gasteiger partial charge in [0.15, 0.2) is 0 Å². The molecule has 2 rings (SSSR count). The van der Waals surface area contributed by atoms with Crippen molar-refractivity contribution in [2.45, 2.75) is 6.54 Å². The number of carbonyl (C=O) groups is 1. The molecule has 0 saturated heterocycles. The van der Waals surface area contributed by atoms with E-state index >= 15 is 0 Å². The minimum Gasteiger partial charge on any atom is -0.349 e. The van der Waals surface area contributed by atoms with E-state index in [1.807, 2.05) is 18.2 Å². The maximum atomic E-state index is 12.3. The molecule has 1 heterocycles. The summed E-state index contributed by atoms with van der Waals surface area (Å²) in [5, 5.41) is 5.71. The monoisotopic (exact) mass is 341 g/mol. The van der Waals surface area contributed by atoms with Crippen LogP contribution in [0.15, 0.2) is 71.3 Å². The number of benzene rings is 1. The highest BCUT2D eigenvalue weighted by molar-refractivity contribution is 5.96. The van der Waals surface area contributed by atoms with Gasteiger partial charge >= 0.3 is 0 Å². The van der Waals surface area contributed by atoms with Crippen LogP contribution in [-0.2, 0) is 11.3 Å². The highest BCUT2D eigenvalue weighted by Gasteiger charge is 2.17. The molecule has 0 spiro atoms. The quantitative estimate of drug-likeness (QED) is 0.612. The Labute approximate surface area is 148 Å². The van der Waals surface area contributed by atoms with Crippen molar-refractivity contribution in [3.8, 4) is 0 Å². The van der Waals surface area contributed by atoms with Crippen LogP contribution < -0.4 is 5.32 Å². The summed E-state index contributed by atoms with van der Waals surface area (Å²) < 4.78 is 0.789. The van der Waals surface area contributed by atoms with Crippen LogP contribution in [0.4, 0.5) is 0 Å². The van der Waals surface area contributed by atoms with Crippen molar-refractivity contribution in [1.29, 1.82) is 0 Å². The normalized spacial score (nSPS) is 15.9. The first-order chi connectivity index (χ1) is 11.9. The maximum absolute atomic E-state index is 12.3. The van der Waals surface area contributed by atoms with Crippen molar-refractivity contribution in [1.82, 2.24) is 10.2 Å². The predicted octanol–water partition coefficient (Wildman–Crippen LogP) is 2.37. The molecule has 0 saturated carbocycles. The van der Waals surface area contributed by atoms with E-state index in [0.29, 0.717) is 17.8 Å². The van der Waals surface area contributed by atoms with Crippen molar-refractivity contribution in [3.05, 3.63) is 76.6 Å². The highest BCUT2D eigenvalue weighted by Crippen LogP contribution is 2.15. The lowest BCUT2D eigenvalue weighted by Gasteiger charge is -2.30. The second kappa shape index (κ2) is 8.39. The van der Waals surface area contributed by atoms with Crippen LogP contribution in [0.1, 0.15) is 5.56 Å². The first-order valence-corrected chi connectivity index (χ1v) is 8.21. The maximum Gasteiger partial charge on any atom is 0.252 e. The largest absolute Gasteiger partial charge is 0.349 e. The fraction of sp³-hybridized carbons (Fsp3) is 0.316. The predicted molar refractivity (Wildman–Crippen MR) is 99.0 cm³/mol. The number of nitrogens with one attached hydrogen (secondary N) is 1. The van der Waals surface area contributed by atoms with E-state index in [2.05, 4.69) is 36.7 Å². The summed E-state index contributed by atoms with van der Waals surface area (Å²) in [7, 11) is 6.07. The van der Waals surface area contributed by atoms with Crippen molar-refractivity contribution < 1.29 is 9.28 Å². The zero-order valence-corrected chi connectivity index (χ0v) is 15.0. The molecule has 25 heavy (non-hydrogen) atoms. The lowest BCUT2D eigenvalue weighted by molar-refractivity contribution is -0.902. The number of nitrogens with zero attached hydrogens (tertiary/aromatic N) is 3. The van der Waals surface area contributed by atoms with E-state index in [0.717, 1.165) is 17.6 Å². The van der Waals surface area contributed by atoms with Crippen molar-refractivity contribution >= 4 is 5.91 Å². The van der Waals surface area contributed by atoms with Crippen LogP contribution in [0.25, 0.3) is 0 Å². The molecule has 1 aliphatic heterocycles. The van der Waals surface area contributed by atoms with Crippen molar-refractivity contribution in [3.63, 3.8) is 0 Å². The molecule has 0 fully saturated rings. The number of amides is 1. The van der Waals surface area contributed by atoms with Crippen LogP contribution >= 0.6 is 0 Å². The fourth-order valence-electron chi connectivity index (χ4n) is 2.67. The van der Waals surface area contributed by atoms with Crippen LogP contribution in [-0.4, -0.2) is 49.5 Å². The average Bonchev–Trinajstić information content (AvgIpc) is 2.57. The number of rotatable bonds is 7. The molecule has 132 valence electrons. The number of carbonyl (C=O) groups excluding carboxylic acids is 1. The lowest BCUT2D eigenvalue weighted by atomic mass is 10.1. The molecule has 0 aliphatic carbocycles. The second-order valence-electron chi connectivity index (χ2n) is 6.75. The molecule has 1 aromatic carbocycles. The Hall–Kier alpha value is -2.73. The SMILES string of the molecule is CN1C=C(C(=O)NCC[N+](C)(C)Cc2ccccc2)C=C/C1=C\N=O. The van der Waals surface area contributed by atoms with Gasteiger partial charge in [0, 0.05) is 18.8 Å². The Morgan fingerprint density at radius 2 is 1.96 bits per heavy atom. The van der Waals surface area contributed by atoms with Gasteiger partial charge in [-0.1, -0.05) is 30.3 Å². The minimum absolute atomic E-state index is 0.124. The zero-order chi connectivity index (χ0) is 18.3. The second-order valence-corrected chi connectivity index (χ2v) is 6.75. The molecule has 0 bridgehead atoms. The Balaban J connectivity index is 1.84. The molecule has 0 aromatic heterocycles. The summed E-state index contributed by atoms with van der Waals surface area (Å²) in [6.07, 6.45) is 6.30. The molecule has 0 atom stereocenters. The lowest BCUT2D eigenvalue weighted by Crippen LogP contribution is -2.44. The summed E-state index contributed by atoms with van der Waals surface area (Å²) in [6.45, 7) is 2.33. The van der Waals surface area contributed by atoms with E-state index in [9.17, 15) is 9.70 Å². The Bertz CT molecular complexity index is 705. The molecule has 0 radical (unpaired) electrons. The third-order valence-corrected chi connectivity index (χ3v) is 4.08. The number of hydrogen-bond acceptors (Lipinski definition) is 4. The van der Waals surface area contributed by atoms with Gasteiger partial charge < -0.3 is 14.7 Å². The van der Waals surface area contributed by atoms with Crippen LogP contribution in [0.2, 0.25) is 0 Å². The molecule has 1 aromatic rings. The van der Waals surface area contributed by atoms with Gasteiger partial charge in [-0.05, 0) is 17.3 Å². The van der Waals surface area contributed by atoms with Crippen LogP contribution in [0.3, 0.4) is 0 Å². The Kier molecular flexibility index (Phi) is 6.25. The third-order valence-electron chi connectivity index (χ3n) is 4.08. The first kappa shape index (κ1) is 18.6. The number of hydrogen-bond donors (Lipinski definition) is 1. The van der Waals surface area contributed by atoms with Crippen molar-refractivity contribution in [2.75, 3.05) is 34.2 Å². The third kappa shape index (κ3) is 5.69. The van der Waals surface area contributed by atoms with E-state index in [-0.39, 0.29) is 5.91 Å². The topological polar surface area (TPSA) is 61.8 Å². The van der Waals surface area contributed by atoms with Gasteiger partial charge in [0.25, 0.3) is 5.91 Å². The molecular formula is C19H25N4O2+. The van der Waals surface area contributed by atoms with Gasteiger partial charge in [-0.2, -0.15) is 0 Å². The van der Waals surface area contributed by atoms with Gasteiger partial charge in [0.2, 0.25) is 0 Å². The van der Waals surface area contributed by atoms with Crippen LogP contribution in [0, 0.1) is 4.91 Å². The van der Waals surface area contributed by atoms with Gasteiger partial charge in [0.05, 0.1) is 44.7 Å².